The van der Waals surface area contributed by atoms with Crippen molar-refractivity contribution in [2.24, 2.45) is 5.73 Å². The first-order valence-electron chi connectivity index (χ1n) is 5.86. The minimum absolute atomic E-state index is 0.249. The Morgan fingerprint density at radius 1 is 1.50 bits per heavy atom. The molecule has 0 aliphatic carbocycles. The maximum atomic E-state index is 5.90. The van der Waals surface area contributed by atoms with E-state index < -0.39 is 0 Å². The number of nitrogens with zero attached hydrogens (tertiary/aromatic N) is 1. The normalized spacial score (nSPS) is 12.8. The molecule has 102 valence electrons. The summed E-state index contributed by atoms with van der Waals surface area (Å²) in [7, 11) is 3.79. The number of halogens is 1. The zero-order chi connectivity index (χ0) is 13.5. The molecule has 5 heteroatoms. The van der Waals surface area contributed by atoms with Gasteiger partial charge in [-0.1, -0.05) is 6.07 Å². The lowest BCUT2D eigenvalue weighted by molar-refractivity contribution is 0.265. The lowest BCUT2D eigenvalue weighted by Gasteiger charge is -2.27. The third kappa shape index (κ3) is 4.16. The van der Waals surface area contributed by atoms with E-state index in [1.165, 1.54) is 5.56 Å². The predicted molar refractivity (Wildman–Crippen MR) is 83.5 cm³/mol. The fourth-order valence-corrected chi connectivity index (χ4v) is 2.88. The van der Waals surface area contributed by atoms with Gasteiger partial charge in [0.25, 0.3) is 0 Å². The Morgan fingerprint density at radius 3 is 2.72 bits per heavy atom. The van der Waals surface area contributed by atoms with Crippen LogP contribution in [0.4, 0.5) is 0 Å². The molecule has 1 atom stereocenters. The van der Waals surface area contributed by atoms with Gasteiger partial charge in [-0.15, -0.1) is 0 Å². The van der Waals surface area contributed by atoms with Crippen LogP contribution in [0.25, 0.3) is 0 Å². The van der Waals surface area contributed by atoms with Crippen LogP contribution in [-0.2, 0) is 0 Å². The number of ether oxygens (including phenoxy) is 1. The van der Waals surface area contributed by atoms with Gasteiger partial charge < -0.3 is 10.5 Å². The largest absolute Gasteiger partial charge is 0.496 e. The molecule has 0 amide bonds. The van der Waals surface area contributed by atoms with Crippen molar-refractivity contribution in [3.8, 4) is 5.75 Å². The Morgan fingerprint density at radius 2 is 2.22 bits per heavy atom. The van der Waals surface area contributed by atoms with Gasteiger partial charge in [-0.2, -0.15) is 11.8 Å². The van der Waals surface area contributed by atoms with E-state index in [0.29, 0.717) is 6.54 Å². The second-order valence-corrected chi connectivity index (χ2v) is 5.96. The lowest BCUT2D eigenvalue weighted by atomic mass is 10.1. The van der Waals surface area contributed by atoms with Crippen LogP contribution in [0, 0.1) is 0 Å². The molecule has 3 nitrogen and oxygen atoms in total. The number of nitrogens with two attached hydrogens (primary N) is 1. The Labute approximate surface area is 122 Å². The summed E-state index contributed by atoms with van der Waals surface area (Å²) in [4.78, 5) is 2.30. The highest BCUT2D eigenvalue weighted by molar-refractivity contribution is 9.10. The van der Waals surface area contributed by atoms with E-state index >= 15 is 0 Å². The standard InChI is InChI=1S/C13H21BrN2OS/c1-16(6-7-18-3)12(9-15)10-4-5-13(17-2)11(14)8-10/h4-5,8,12H,6-7,9,15H2,1-3H3. The number of hydrogen-bond acceptors (Lipinski definition) is 4. The smallest absolute Gasteiger partial charge is 0.133 e. The zero-order valence-electron chi connectivity index (χ0n) is 11.1. The van der Waals surface area contributed by atoms with E-state index in [1.807, 2.05) is 17.8 Å². The first kappa shape index (κ1) is 15.8. The second-order valence-electron chi connectivity index (χ2n) is 4.12. The van der Waals surface area contributed by atoms with Gasteiger partial charge >= 0.3 is 0 Å². The molecule has 0 radical (unpaired) electrons. The molecule has 0 aliphatic rings. The number of thioether (sulfide) groups is 1. The van der Waals surface area contributed by atoms with Crippen LogP contribution in [0.5, 0.6) is 5.75 Å². The van der Waals surface area contributed by atoms with Crippen molar-refractivity contribution >= 4 is 27.7 Å². The van der Waals surface area contributed by atoms with Gasteiger partial charge in [0.1, 0.15) is 5.75 Å². The number of methoxy groups -OCH3 is 1. The molecule has 1 rings (SSSR count). The third-order valence-corrected chi connectivity index (χ3v) is 4.17. The monoisotopic (exact) mass is 332 g/mol. The van der Waals surface area contributed by atoms with Gasteiger partial charge in [-0.25, -0.2) is 0 Å². The van der Waals surface area contributed by atoms with Crippen LogP contribution in [0.1, 0.15) is 11.6 Å². The lowest BCUT2D eigenvalue weighted by Crippen LogP contribution is -2.32. The van der Waals surface area contributed by atoms with Crippen molar-refractivity contribution in [3.63, 3.8) is 0 Å². The molecule has 0 spiro atoms. The molecule has 1 aromatic carbocycles. The summed E-state index contributed by atoms with van der Waals surface area (Å²) < 4.78 is 6.22. The molecule has 18 heavy (non-hydrogen) atoms. The van der Waals surface area contributed by atoms with Crippen molar-refractivity contribution in [1.29, 1.82) is 0 Å². The molecular weight excluding hydrogens is 312 g/mol. The molecule has 0 heterocycles. The molecule has 0 saturated carbocycles. The van der Waals surface area contributed by atoms with Gasteiger partial charge in [0.2, 0.25) is 0 Å². The van der Waals surface area contributed by atoms with E-state index in [2.05, 4.69) is 46.3 Å². The minimum atomic E-state index is 0.249. The second kappa shape index (κ2) is 8.04. The first-order chi connectivity index (χ1) is 8.63. The highest BCUT2D eigenvalue weighted by Gasteiger charge is 2.16. The van der Waals surface area contributed by atoms with Crippen LogP contribution in [-0.4, -0.2) is 44.2 Å². The summed E-state index contributed by atoms with van der Waals surface area (Å²) in [5.41, 5.74) is 7.12. The Bertz CT molecular complexity index is 376. The summed E-state index contributed by atoms with van der Waals surface area (Å²) in [6.45, 7) is 1.65. The average Bonchev–Trinajstić information content (AvgIpc) is 2.37. The van der Waals surface area contributed by atoms with Crippen LogP contribution in [0.3, 0.4) is 0 Å². The summed E-state index contributed by atoms with van der Waals surface area (Å²) in [5.74, 6) is 1.96. The number of rotatable bonds is 7. The highest BCUT2D eigenvalue weighted by Crippen LogP contribution is 2.29. The van der Waals surface area contributed by atoms with Gasteiger partial charge in [0, 0.05) is 24.9 Å². The fraction of sp³-hybridized carbons (Fsp3) is 0.538. The Balaban J connectivity index is 2.84. The van der Waals surface area contributed by atoms with E-state index in [4.69, 9.17) is 10.5 Å². The fourth-order valence-electron chi connectivity index (χ4n) is 1.85. The number of likely N-dealkylation sites (N-methyl/N-ethyl adjacent to an activating group) is 1. The summed E-state index contributed by atoms with van der Waals surface area (Å²) in [5, 5.41) is 0. The molecule has 1 aromatic rings. The van der Waals surface area contributed by atoms with Crippen molar-refractivity contribution in [1.82, 2.24) is 4.90 Å². The Kier molecular flexibility index (Phi) is 7.07. The molecule has 0 saturated heterocycles. The van der Waals surface area contributed by atoms with Crippen LogP contribution >= 0.6 is 27.7 Å². The molecule has 0 bridgehead atoms. The Hall–Kier alpha value is -0.230. The average molecular weight is 333 g/mol. The highest BCUT2D eigenvalue weighted by atomic mass is 79.9. The van der Waals surface area contributed by atoms with Gasteiger partial charge in [0.05, 0.1) is 11.6 Å². The van der Waals surface area contributed by atoms with Crippen molar-refractivity contribution in [3.05, 3.63) is 28.2 Å². The molecule has 0 aromatic heterocycles. The van der Waals surface area contributed by atoms with E-state index in [1.54, 1.807) is 7.11 Å². The van der Waals surface area contributed by atoms with Crippen molar-refractivity contribution in [2.45, 2.75) is 6.04 Å². The molecular formula is C13H21BrN2OS. The quantitative estimate of drug-likeness (QED) is 0.833. The number of benzene rings is 1. The van der Waals surface area contributed by atoms with E-state index in [0.717, 1.165) is 22.5 Å². The first-order valence-corrected chi connectivity index (χ1v) is 8.05. The van der Waals surface area contributed by atoms with E-state index in [-0.39, 0.29) is 6.04 Å². The summed E-state index contributed by atoms with van der Waals surface area (Å²) >= 11 is 5.37. The summed E-state index contributed by atoms with van der Waals surface area (Å²) in [6, 6.07) is 6.40. The SMILES string of the molecule is COc1ccc(C(CN)N(C)CCSC)cc1Br. The topological polar surface area (TPSA) is 38.5 Å². The van der Waals surface area contributed by atoms with Gasteiger partial charge in [-0.05, 0) is 46.9 Å². The maximum Gasteiger partial charge on any atom is 0.133 e. The minimum Gasteiger partial charge on any atom is -0.496 e. The van der Waals surface area contributed by atoms with Crippen molar-refractivity contribution in [2.75, 3.05) is 39.3 Å². The maximum absolute atomic E-state index is 5.90. The molecule has 1 unspecified atom stereocenters. The molecule has 2 N–H and O–H groups in total. The van der Waals surface area contributed by atoms with Crippen LogP contribution < -0.4 is 10.5 Å². The van der Waals surface area contributed by atoms with Gasteiger partial charge in [0.15, 0.2) is 0 Å². The van der Waals surface area contributed by atoms with Crippen molar-refractivity contribution < 1.29 is 4.74 Å². The van der Waals surface area contributed by atoms with Gasteiger partial charge in [-0.3, -0.25) is 4.90 Å². The van der Waals surface area contributed by atoms with Crippen LogP contribution in [0.15, 0.2) is 22.7 Å². The predicted octanol–water partition coefficient (Wildman–Crippen LogP) is 2.75. The van der Waals surface area contributed by atoms with Crippen LogP contribution in [0.2, 0.25) is 0 Å². The number of hydrogen-bond donors (Lipinski definition) is 1. The molecule has 0 aliphatic heterocycles. The van der Waals surface area contributed by atoms with E-state index in [9.17, 15) is 0 Å². The zero-order valence-corrected chi connectivity index (χ0v) is 13.6. The molecule has 0 fully saturated rings. The summed E-state index contributed by atoms with van der Waals surface area (Å²) in [6.07, 6.45) is 2.12. The third-order valence-electron chi connectivity index (χ3n) is 2.96.